The number of hydrogen-bond donors (Lipinski definition) is 1. The normalized spacial score (nSPS) is 11.0. The van der Waals surface area contributed by atoms with Crippen molar-refractivity contribution in [3.63, 3.8) is 0 Å². The van der Waals surface area contributed by atoms with Gasteiger partial charge in [-0.05, 0) is 23.6 Å². The van der Waals surface area contributed by atoms with Crippen molar-refractivity contribution >= 4 is 33.1 Å². The average Bonchev–Trinajstić information content (AvgIpc) is 2.88. The maximum atomic E-state index is 12.2. The van der Waals surface area contributed by atoms with Crippen LogP contribution in [0.5, 0.6) is 0 Å². The van der Waals surface area contributed by atoms with Crippen LogP contribution in [0.25, 0.3) is 0 Å². The van der Waals surface area contributed by atoms with Crippen molar-refractivity contribution in [1.82, 2.24) is 4.98 Å². The van der Waals surface area contributed by atoms with Crippen molar-refractivity contribution in [2.24, 2.45) is 0 Å². The largest absolute Gasteiger partial charge is 0.465 e. The number of esters is 1. The number of carbonyl (C=O) groups excluding carboxylic acids is 1. The van der Waals surface area contributed by atoms with Gasteiger partial charge in [-0.1, -0.05) is 6.07 Å². The number of rotatable bonds is 4. The molecule has 6 nitrogen and oxygen atoms in total. The zero-order chi connectivity index (χ0) is 13.9. The standard InChI is InChI=1S/C11H10N2O4S2/c1-17-11(14)10-8(5-7-18-10)19(15,16)13-9-4-2-3-6-12-9/h2-7H,1H3,(H,12,13). The molecular weight excluding hydrogens is 288 g/mol. The first-order valence-corrected chi connectivity index (χ1v) is 7.50. The SMILES string of the molecule is COC(=O)c1sccc1S(=O)(=O)Nc1ccccn1. The van der Waals surface area contributed by atoms with E-state index in [0.29, 0.717) is 0 Å². The highest BCUT2D eigenvalue weighted by Gasteiger charge is 2.24. The number of hydrogen-bond acceptors (Lipinski definition) is 6. The lowest BCUT2D eigenvalue weighted by atomic mass is 10.5. The number of nitrogens with one attached hydrogen (secondary N) is 1. The molecule has 0 aliphatic rings. The van der Waals surface area contributed by atoms with E-state index >= 15 is 0 Å². The Hall–Kier alpha value is -1.93. The molecule has 0 unspecified atom stereocenters. The molecule has 0 spiro atoms. The first-order valence-electron chi connectivity index (χ1n) is 5.14. The van der Waals surface area contributed by atoms with Crippen LogP contribution < -0.4 is 4.72 Å². The molecule has 2 heterocycles. The quantitative estimate of drug-likeness (QED) is 0.869. The van der Waals surface area contributed by atoms with Gasteiger partial charge in [0.15, 0.2) is 0 Å². The molecule has 0 aliphatic heterocycles. The molecule has 2 aromatic heterocycles. The van der Waals surface area contributed by atoms with E-state index in [2.05, 4.69) is 14.4 Å². The van der Waals surface area contributed by atoms with Crippen LogP contribution in [0.15, 0.2) is 40.7 Å². The van der Waals surface area contributed by atoms with Gasteiger partial charge in [0.2, 0.25) is 0 Å². The highest BCUT2D eigenvalue weighted by atomic mass is 32.2. The van der Waals surface area contributed by atoms with E-state index in [1.807, 2.05) is 0 Å². The van der Waals surface area contributed by atoms with E-state index in [4.69, 9.17) is 0 Å². The molecule has 0 radical (unpaired) electrons. The second-order valence-corrected chi connectivity index (χ2v) is 5.99. The lowest BCUT2D eigenvalue weighted by Crippen LogP contribution is -2.16. The van der Waals surface area contributed by atoms with Gasteiger partial charge in [0.05, 0.1) is 7.11 Å². The number of nitrogens with zero attached hydrogens (tertiary/aromatic N) is 1. The molecule has 1 N–H and O–H groups in total. The van der Waals surface area contributed by atoms with Crippen LogP contribution in [0.2, 0.25) is 0 Å². The fraction of sp³-hybridized carbons (Fsp3) is 0.0909. The number of carbonyl (C=O) groups is 1. The summed E-state index contributed by atoms with van der Waals surface area (Å²) in [6.07, 6.45) is 1.46. The predicted octanol–water partition coefficient (Wildman–Crippen LogP) is 1.73. The molecule has 8 heteroatoms. The molecule has 2 rings (SSSR count). The van der Waals surface area contributed by atoms with E-state index in [0.717, 1.165) is 11.3 Å². The summed E-state index contributed by atoms with van der Waals surface area (Å²) in [6, 6.07) is 6.19. The van der Waals surface area contributed by atoms with Crippen molar-refractivity contribution in [1.29, 1.82) is 0 Å². The summed E-state index contributed by atoms with van der Waals surface area (Å²) in [5.41, 5.74) is 0. The van der Waals surface area contributed by atoms with Crippen molar-refractivity contribution in [2.75, 3.05) is 11.8 Å². The lowest BCUT2D eigenvalue weighted by molar-refractivity contribution is 0.0602. The van der Waals surface area contributed by atoms with Crippen LogP contribution in [0.1, 0.15) is 9.67 Å². The molecule has 0 bridgehead atoms. The van der Waals surface area contributed by atoms with Gasteiger partial charge in [0.25, 0.3) is 10.0 Å². The van der Waals surface area contributed by atoms with Crippen LogP contribution in [0.3, 0.4) is 0 Å². The van der Waals surface area contributed by atoms with Crippen molar-refractivity contribution in [3.05, 3.63) is 40.7 Å². The molecule has 0 saturated carbocycles. The summed E-state index contributed by atoms with van der Waals surface area (Å²) < 4.78 is 31.1. The molecule has 0 amide bonds. The summed E-state index contributed by atoms with van der Waals surface area (Å²) >= 11 is 1.01. The summed E-state index contributed by atoms with van der Waals surface area (Å²) in [7, 11) is -2.66. The average molecular weight is 298 g/mol. The number of thiophene rings is 1. The zero-order valence-electron chi connectivity index (χ0n) is 9.86. The van der Waals surface area contributed by atoms with Gasteiger partial charge in [-0.25, -0.2) is 18.2 Å². The molecular formula is C11H10N2O4S2. The van der Waals surface area contributed by atoms with Gasteiger partial charge in [-0.2, -0.15) is 0 Å². The molecule has 0 fully saturated rings. The fourth-order valence-electron chi connectivity index (χ4n) is 1.37. The molecule has 0 aromatic carbocycles. The number of methoxy groups -OCH3 is 1. The first kappa shape index (κ1) is 13.5. The minimum atomic E-state index is -3.86. The predicted molar refractivity (Wildman–Crippen MR) is 70.7 cm³/mol. The van der Waals surface area contributed by atoms with Crippen LogP contribution in [-0.2, 0) is 14.8 Å². The van der Waals surface area contributed by atoms with Gasteiger partial charge in [0, 0.05) is 6.20 Å². The lowest BCUT2D eigenvalue weighted by Gasteiger charge is -2.06. The molecule has 0 aliphatic carbocycles. The van der Waals surface area contributed by atoms with E-state index < -0.39 is 16.0 Å². The Bertz CT molecular complexity index is 680. The topological polar surface area (TPSA) is 85.4 Å². The van der Waals surface area contributed by atoms with E-state index in [-0.39, 0.29) is 15.6 Å². The van der Waals surface area contributed by atoms with Crippen molar-refractivity contribution < 1.29 is 17.9 Å². The highest BCUT2D eigenvalue weighted by Crippen LogP contribution is 2.24. The van der Waals surface area contributed by atoms with Gasteiger partial charge in [0.1, 0.15) is 15.6 Å². The first-order chi connectivity index (χ1) is 9.04. The Labute approximate surface area is 114 Å². The van der Waals surface area contributed by atoms with E-state index in [9.17, 15) is 13.2 Å². The van der Waals surface area contributed by atoms with Gasteiger partial charge >= 0.3 is 5.97 Å². The van der Waals surface area contributed by atoms with Crippen molar-refractivity contribution in [2.45, 2.75) is 4.90 Å². The maximum Gasteiger partial charge on any atom is 0.349 e. The van der Waals surface area contributed by atoms with Crippen LogP contribution in [-0.4, -0.2) is 26.5 Å². The summed E-state index contributed by atoms with van der Waals surface area (Å²) in [4.78, 5) is 15.3. The van der Waals surface area contributed by atoms with Gasteiger partial charge in [-0.15, -0.1) is 11.3 Å². The smallest absolute Gasteiger partial charge is 0.349 e. The number of anilines is 1. The van der Waals surface area contributed by atoms with Crippen molar-refractivity contribution in [3.8, 4) is 0 Å². The Morgan fingerprint density at radius 1 is 1.37 bits per heavy atom. The number of sulfonamides is 1. The monoisotopic (exact) mass is 298 g/mol. The van der Waals surface area contributed by atoms with Crippen LogP contribution >= 0.6 is 11.3 Å². The number of pyridine rings is 1. The van der Waals surface area contributed by atoms with Gasteiger partial charge < -0.3 is 4.74 Å². The minimum absolute atomic E-state index is 0.0333. The minimum Gasteiger partial charge on any atom is -0.465 e. The Morgan fingerprint density at radius 2 is 2.16 bits per heavy atom. The molecule has 0 atom stereocenters. The Balaban J connectivity index is 2.36. The number of aromatic nitrogens is 1. The molecule has 19 heavy (non-hydrogen) atoms. The Kier molecular flexibility index (Phi) is 3.82. The Morgan fingerprint density at radius 3 is 2.79 bits per heavy atom. The van der Waals surface area contributed by atoms with Crippen LogP contribution in [0.4, 0.5) is 5.82 Å². The molecule has 2 aromatic rings. The van der Waals surface area contributed by atoms with E-state index in [1.54, 1.807) is 12.1 Å². The molecule has 100 valence electrons. The van der Waals surface area contributed by atoms with E-state index in [1.165, 1.54) is 30.8 Å². The molecule has 0 saturated heterocycles. The highest BCUT2D eigenvalue weighted by molar-refractivity contribution is 7.93. The summed E-state index contributed by atoms with van der Waals surface area (Å²) in [5.74, 6) is -0.499. The zero-order valence-corrected chi connectivity index (χ0v) is 11.5. The second-order valence-electron chi connectivity index (χ2n) is 3.43. The third-order valence-corrected chi connectivity index (χ3v) is 4.61. The second kappa shape index (κ2) is 5.37. The summed E-state index contributed by atoms with van der Waals surface area (Å²) in [6.45, 7) is 0. The maximum absolute atomic E-state index is 12.2. The third kappa shape index (κ3) is 2.91. The van der Waals surface area contributed by atoms with Gasteiger partial charge in [-0.3, -0.25) is 4.72 Å². The fourth-order valence-corrected chi connectivity index (χ4v) is 3.71. The number of ether oxygens (including phenoxy) is 1. The summed E-state index contributed by atoms with van der Waals surface area (Å²) in [5, 5.41) is 1.51. The third-order valence-electron chi connectivity index (χ3n) is 2.19. The van der Waals surface area contributed by atoms with Crippen LogP contribution in [0, 0.1) is 0 Å².